The topological polar surface area (TPSA) is 77.3 Å². The van der Waals surface area contributed by atoms with E-state index < -0.39 is 5.60 Å². The fourth-order valence-corrected chi connectivity index (χ4v) is 4.70. The Balaban J connectivity index is 1.49. The Morgan fingerprint density at radius 2 is 1.90 bits per heavy atom. The number of amides is 1. The van der Waals surface area contributed by atoms with Gasteiger partial charge < -0.3 is 9.64 Å². The van der Waals surface area contributed by atoms with Gasteiger partial charge in [-0.15, -0.1) is 11.3 Å². The van der Waals surface area contributed by atoms with Gasteiger partial charge in [0.05, 0.1) is 16.6 Å². The van der Waals surface area contributed by atoms with Gasteiger partial charge in [0.15, 0.2) is 0 Å². The first-order valence-corrected chi connectivity index (χ1v) is 11.4. The van der Waals surface area contributed by atoms with Crippen LogP contribution in [0.2, 0.25) is 0 Å². The summed E-state index contributed by atoms with van der Waals surface area (Å²) in [5.41, 5.74) is 2.16. The number of piperidine rings is 1. The lowest BCUT2D eigenvalue weighted by Crippen LogP contribution is -2.41. The molecule has 0 bridgehead atoms. The van der Waals surface area contributed by atoms with E-state index in [1.54, 1.807) is 27.9 Å². The lowest BCUT2D eigenvalue weighted by atomic mass is 9.94. The second-order valence-corrected chi connectivity index (χ2v) is 9.93. The third-order valence-corrected chi connectivity index (χ3v) is 6.54. The molecule has 0 aliphatic carbocycles. The first kappa shape index (κ1) is 21.5. The number of hydrogen-bond acceptors (Lipinski definition) is 6. The number of aromatic nitrogens is 3. The van der Waals surface area contributed by atoms with Crippen LogP contribution in [0.15, 0.2) is 28.4 Å². The van der Waals surface area contributed by atoms with Gasteiger partial charge in [0.25, 0.3) is 5.56 Å². The van der Waals surface area contributed by atoms with Gasteiger partial charge in [0.2, 0.25) is 0 Å². The van der Waals surface area contributed by atoms with Crippen molar-refractivity contribution in [3.8, 4) is 10.6 Å². The maximum atomic E-state index is 12.6. The molecule has 31 heavy (non-hydrogen) atoms. The molecule has 1 aliphatic heterocycles. The quantitative estimate of drug-likeness (QED) is 0.587. The molecule has 3 heterocycles. The second-order valence-electron chi connectivity index (χ2n) is 9.07. The number of carbonyl (C=O) groups excluding carboxylic acids is 1. The summed E-state index contributed by atoms with van der Waals surface area (Å²) in [5, 5.41) is 3.60. The first-order chi connectivity index (χ1) is 14.6. The number of carbonyl (C=O) groups is 1. The third kappa shape index (κ3) is 4.49. The Bertz CT molecular complexity index is 1180. The van der Waals surface area contributed by atoms with Gasteiger partial charge in [-0.3, -0.25) is 9.36 Å². The molecule has 0 radical (unpaired) electrons. The van der Waals surface area contributed by atoms with Gasteiger partial charge in [0, 0.05) is 37.0 Å². The lowest BCUT2D eigenvalue weighted by molar-refractivity contribution is 0.0204. The Hall–Kier alpha value is -2.74. The molecule has 0 N–H and O–H groups in total. The van der Waals surface area contributed by atoms with Crippen LogP contribution in [-0.2, 0) is 11.8 Å². The molecule has 0 saturated carbocycles. The highest BCUT2D eigenvalue weighted by atomic mass is 32.1. The highest BCUT2D eigenvalue weighted by molar-refractivity contribution is 7.13. The Morgan fingerprint density at radius 1 is 1.19 bits per heavy atom. The van der Waals surface area contributed by atoms with Crippen molar-refractivity contribution in [3.05, 3.63) is 45.5 Å². The third-order valence-electron chi connectivity index (χ3n) is 5.63. The van der Waals surface area contributed by atoms with Crippen molar-refractivity contribution in [1.29, 1.82) is 0 Å². The minimum Gasteiger partial charge on any atom is -0.444 e. The summed E-state index contributed by atoms with van der Waals surface area (Å²) in [6.45, 7) is 8.82. The molecular formula is C23H28N4O3S. The molecule has 0 atom stereocenters. The van der Waals surface area contributed by atoms with Crippen LogP contribution in [0.3, 0.4) is 0 Å². The zero-order chi connectivity index (χ0) is 22.3. The highest BCUT2D eigenvalue weighted by Crippen LogP contribution is 2.33. The van der Waals surface area contributed by atoms with E-state index in [1.807, 2.05) is 45.9 Å². The van der Waals surface area contributed by atoms with Gasteiger partial charge in [-0.25, -0.2) is 14.8 Å². The summed E-state index contributed by atoms with van der Waals surface area (Å²) in [6.07, 6.45) is 1.49. The van der Waals surface area contributed by atoms with Crippen molar-refractivity contribution in [2.24, 2.45) is 7.05 Å². The van der Waals surface area contributed by atoms with E-state index >= 15 is 0 Å². The van der Waals surface area contributed by atoms with Crippen LogP contribution in [-0.4, -0.2) is 44.2 Å². The fourth-order valence-electron chi connectivity index (χ4n) is 3.81. The zero-order valence-electron chi connectivity index (χ0n) is 18.6. The molecule has 2 aromatic heterocycles. The number of thiazole rings is 1. The molecule has 8 heteroatoms. The summed E-state index contributed by atoms with van der Waals surface area (Å²) in [7, 11) is 1.74. The number of likely N-dealkylation sites (tertiary alicyclic amines) is 1. The van der Waals surface area contributed by atoms with E-state index in [1.165, 1.54) is 0 Å². The van der Waals surface area contributed by atoms with Crippen LogP contribution in [0.5, 0.6) is 0 Å². The van der Waals surface area contributed by atoms with Crippen LogP contribution < -0.4 is 5.56 Å². The zero-order valence-corrected chi connectivity index (χ0v) is 19.5. The predicted octanol–water partition coefficient (Wildman–Crippen LogP) is 4.48. The molecule has 4 rings (SSSR count). The fraction of sp³-hybridized carbons (Fsp3) is 0.478. The number of aryl methyl sites for hydroxylation is 1. The van der Waals surface area contributed by atoms with Gasteiger partial charge in [-0.05, 0) is 58.7 Å². The van der Waals surface area contributed by atoms with Crippen LogP contribution in [0.1, 0.15) is 51.0 Å². The molecule has 1 fully saturated rings. The maximum absolute atomic E-state index is 12.6. The summed E-state index contributed by atoms with van der Waals surface area (Å²) >= 11 is 1.59. The standard InChI is InChI=1S/C23H28N4O3S/c1-14-24-18-7-6-16(12-17(18)21(28)26(14)5)20-25-19(13-31-20)15-8-10-27(11-9-15)22(29)30-23(2,3)4/h6-7,12-13,15H,8-11H2,1-5H3. The van der Waals surface area contributed by atoms with Crippen LogP contribution in [0, 0.1) is 6.92 Å². The van der Waals surface area contributed by atoms with Crippen LogP contribution in [0.25, 0.3) is 21.5 Å². The molecule has 7 nitrogen and oxygen atoms in total. The van der Waals surface area contributed by atoms with Crippen molar-refractivity contribution < 1.29 is 9.53 Å². The van der Waals surface area contributed by atoms with Crippen molar-refractivity contribution >= 4 is 28.3 Å². The van der Waals surface area contributed by atoms with Crippen molar-refractivity contribution in [2.75, 3.05) is 13.1 Å². The Kier molecular flexibility index (Phi) is 5.60. The van der Waals surface area contributed by atoms with E-state index in [9.17, 15) is 9.59 Å². The SMILES string of the molecule is Cc1nc2ccc(-c3nc(C4CCN(C(=O)OC(C)(C)C)CC4)cs3)cc2c(=O)n1C. The molecule has 3 aromatic rings. The van der Waals surface area contributed by atoms with Gasteiger partial charge in [-0.1, -0.05) is 0 Å². The summed E-state index contributed by atoms with van der Waals surface area (Å²) in [6, 6.07) is 5.75. The molecule has 1 saturated heterocycles. The smallest absolute Gasteiger partial charge is 0.410 e. The minimum atomic E-state index is -0.479. The first-order valence-electron chi connectivity index (χ1n) is 10.5. The monoisotopic (exact) mass is 440 g/mol. The lowest BCUT2D eigenvalue weighted by Gasteiger charge is -2.32. The normalized spacial score (nSPS) is 15.5. The largest absolute Gasteiger partial charge is 0.444 e. The number of hydrogen-bond donors (Lipinski definition) is 0. The van der Waals surface area contributed by atoms with E-state index in [0.29, 0.717) is 35.7 Å². The molecule has 1 aliphatic rings. The van der Waals surface area contributed by atoms with Gasteiger partial charge in [0.1, 0.15) is 16.4 Å². The average Bonchev–Trinajstić information content (AvgIpc) is 3.21. The number of nitrogens with zero attached hydrogens (tertiary/aromatic N) is 4. The highest BCUT2D eigenvalue weighted by Gasteiger charge is 2.28. The molecule has 0 unspecified atom stereocenters. The second kappa shape index (κ2) is 8.07. The van der Waals surface area contributed by atoms with E-state index in [2.05, 4.69) is 10.4 Å². The predicted molar refractivity (Wildman–Crippen MR) is 123 cm³/mol. The molecule has 1 amide bonds. The van der Waals surface area contributed by atoms with E-state index in [0.717, 1.165) is 29.1 Å². The van der Waals surface area contributed by atoms with Crippen LogP contribution >= 0.6 is 11.3 Å². The minimum absolute atomic E-state index is 0.0457. The maximum Gasteiger partial charge on any atom is 0.410 e. The summed E-state index contributed by atoms with van der Waals surface area (Å²) in [5.74, 6) is 1.01. The number of ether oxygens (including phenoxy) is 1. The molecule has 1 aromatic carbocycles. The number of benzene rings is 1. The van der Waals surface area contributed by atoms with Crippen LogP contribution in [0.4, 0.5) is 4.79 Å². The average molecular weight is 441 g/mol. The van der Waals surface area contributed by atoms with E-state index in [-0.39, 0.29) is 11.7 Å². The Morgan fingerprint density at radius 3 is 2.58 bits per heavy atom. The number of rotatable bonds is 2. The van der Waals surface area contributed by atoms with E-state index in [4.69, 9.17) is 9.72 Å². The van der Waals surface area contributed by atoms with Crippen molar-refractivity contribution in [1.82, 2.24) is 19.4 Å². The summed E-state index contributed by atoms with van der Waals surface area (Å²) < 4.78 is 7.05. The summed E-state index contributed by atoms with van der Waals surface area (Å²) in [4.78, 5) is 36.0. The van der Waals surface area contributed by atoms with Gasteiger partial charge >= 0.3 is 6.09 Å². The Labute approximate surface area is 185 Å². The van der Waals surface area contributed by atoms with Crippen molar-refractivity contribution in [2.45, 2.75) is 52.1 Å². The van der Waals surface area contributed by atoms with Gasteiger partial charge in [-0.2, -0.15) is 0 Å². The molecular weight excluding hydrogens is 412 g/mol. The molecule has 0 spiro atoms. The number of fused-ring (bicyclic) bond motifs is 1. The molecule has 164 valence electrons. The van der Waals surface area contributed by atoms with Crippen molar-refractivity contribution in [3.63, 3.8) is 0 Å².